The third-order valence-corrected chi connectivity index (χ3v) is 13.0. The second kappa shape index (κ2) is 11.0. The van der Waals surface area contributed by atoms with E-state index in [1.807, 2.05) is 30.3 Å². The summed E-state index contributed by atoms with van der Waals surface area (Å²) in [4.78, 5) is 15.3. The molecule has 4 saturated carbocycles. The first-order valence-electron chi connectivity index (χ1n) is 18.5. The molecule has 2 atom stereocenters. The summed E-state index contributed by atoms with van der Waals surface area (Å²) in [6, 6.07) is 45.8. The maximum atomic E-state index is 9.42. The SMILES string of the molecule is CC1(C)c2ccccc2-c2ccc(-c3nc(-c4ccccc4)nc(-c4ccc(C56CC7CC(CC(c8ccc(C#N)cc8)(C7)C5)C6)cc4)n3)cc21. The molecule has 248 valence electrons. The molecule has 11 rings (SSSR count). The fourth-order valence-electron chi connectivity index (χ4n) is 11.0. The van der Waals surface area contributed by atoms with Crippen molar-refractivity contribution in [3.05, 3.63) is 149 Å². The lowest BCUT2D eigenvalue weighted by Crippen LogP contribution is -2.55. The van der Waals surface area contributed by atoms with Crippen molar-refractivity contribution < 1.29 is 0 Å². The number of fused-ring (bicyclic) bond motifs is 3. The first-order valence-corrected chi connectivity index (χ1v) is 18.5. The lowest BCUT2D eigenvalue weighted by molar-refractivity contribution is -0.0281. The van der Waals surface area contributed by atoms with Crippen LogP contribution in [-0.2, 0) is 16.2 Å². The molecule has 6 aromatic rings. The van der Waals surface area contributed by atoms with Crippen molar-refractivity contribution in [3.8, 4) is 51.4 Å². The van der Waals surface area contributed by atoms with E-state index in [1.165, 1.54) is 71.9 Å². The average molecular weight is 661 g/mol. The molecule has 5 aliphatic carbocycles. The minimum Gasteiger partial charge on any atom is -0.208 e. The van der Waals surface area contributed by atoms with Crippen LogP contribution in [0.1, 0.15) is 80.2 Å². The van der Waals surface area contributed by atoms with Crippen LogP contribution in [0.5, 0.6) is 0 Å². The Bertz CT molecular complexity index is 2350. The Morgan fingerprint density at radius 2 is 1.06 bits per heavy atom. The van der Waals surface area contributed by atoms with Crippen LogP contribution in [0.3, 0.4) is 0 Å². The minimum atomic E-state index is -0.105. The molecule has 0 amide bonds. The predicted molar refractivity (Wildman–Crippen MR) is 203 cm³/mol. The van der Waals surface area contributed by atoms with E-state index in [0.29, 0.717) is 17.5 Å². The summed E-state index contributed by atoms with van der Waals surface area (Å²) in [5.41, 5.74) is 12.2. The van der Waals surface area contributed by atoms with Crippen LogP contribution in [0.25, 0.3) is 45.3 Å². The van der Waals surface area contributed by atoms with Crippen molar-refractivity contribution in [2.24, 2.45) is 11.8 Å². The minimum absolute atomic E-state index is 0.105. The van der Waals surface area contributed by atoms with E-state index in [9.17, 15) is 5.26 Å². The summed E-state index contributed by atoms with van der Waals surface area (Å²) in [6.45, 7) is 4.63. The maximum Gasteiger partial charge on any atom is 0.164 e. The maximum absolute atomic E-state index is 9.42. The van der Waals surface area contributed by atoms with Gasteiger partial charge in [-0.1, -0.05) is 117 Å². The molecule has 0 spiro atoms. The lowest BCUT2D eigenvalue weighted by Gasteiger charge is -2.62. The van der Waals surface area contributed by atoms with Gasteiger partial charge in [-0.25, -0.2) is 15.0 Å². The fraction of sp³-hybridized carbons (Fsp3) is 0.277. The molecule has 4 nitrogen and oxygen atoms in total. The van der Waals surface area contributed by atoms with E-state index in [4.69, 9.17) is 15.0 Å². The summed E-state index contributed by atoms with van der Waals surface area (Å²) >= 11 is 0. The summed E-state index contributed by atoms with van der Waals surface area (Å²) in [5.74, 6) is 3.60. The number of aromatic nitrogens is 3. The molecule has 51 heavy (non-hydrogen) atoms. The van der Waals surface area contributed by atoms with Gasteiger partial charge in [-0.15, -0.1) is 0 Å². The van der Waals surface area contributed by atoms with Gasteiger partial charge < -0.3 is 0 Å². The molecular formula is C47H40N4. The van der Waals surface area contributed by atoms with E-state index in [2.05, 4.69) is 111 Å². The monoisotopic (exact) mass is 660 g/mol. The summed E-state index contributed by atoms with van der Waals surface area (Å²) in [5, 5.41) is 9.42. The van der Waals surface area contributed by atoms with Gasteiger partial charge in [0, 0.05) is 22.1 Å². The van der Waals surface area contributed by atoms with Gasteiger partial charge in [-0.05, 0) is 113 Å². The molecule has 1 heterocycles. The molecule has 5 aromatic carbocycles. The van der Waals surface area contributed by atoms with E-state index in [0.717, 1.165) is 34.1 Å². The van der Waals surface area contributed by atoms with Gasteiger partial charge in [0.1, 0.15) is 0 Å². The number of nitriles is 1. The van der Waals surface area contributed by atoms with Gasteiger partial charge in [-0.2, -0.15) is 5.26 Å². The van der Waals surface area contributed by atoms with Gasteiger partial charge in [0.2, 0.25) is 0 Å². The van der Waals surface area contributed by atoms with Gasteiger partial charge in [0.15, 0.2) is 17.5 Å². The molecule has 4 bridgehead atoms. The zero-order valence-corrected chi connectivity index (χ0v) is 29.2. The highest BCUT2D eigenvalue weighted by atomic mass is 15.0. The number of rotatable bonds is 5. The Balaban J connectivity index is 1.03. The summed E-state index contributed by atoms with van der Waals surface area (Å²) in [7, 11) is 0. The molecule has 0 aliphatic heterocycles. The van der Waals surface area contributed by atoms with Gasteiger partial charge in [0.05, 0.1) is 11.6 Å². The topological polar surface area (TPSA) is 62.5 Å². The zero-order valence-electron chi connectivity index (χ0n) is 29.2. The Morgan fingerprint density at radius 1 is 0.549 bits per heavy atom. The molecule has 0 radical (unpaired) electrons. The molecule has 1 aromatic heterocycles. The highest BCUT2D eigenvalue weighted by Crippen LogP contribution is 2.66. The van der Waals surface area contributed by atoms with Crippen molar-refractivity contribution in [3.63, 3.8) is 0 Å². The largest absolute Gasteiger partial charge is 0.208 e. The highest BCUT2D eigenvalue weighted by molar-refractivity contribution is 5.83. The van der Waals surface area contributed by atoms with Crippen LogP contribution in [0, 0.1) is 23.2 Å². The van der Waals surface area contributed by atoms with E-state index >= 15 is 0 Å². The van der Waals surface area contributed by atoms with E-state index < -0.39 is 0 Å². The van der Waals surface area contributed by atoms with Gasteiger partial charge in [-0.3, -0.25) is 0 Å². The molecule has 0 saturated heterocycles. The van der Waals surface area contributed by atoms with Crippen molar-refractivity contribution in [1.82, 2.24) is 15.0 Å². The van der Waals surface area contributed by atoms with Crippen LogP contribution in [-0.4, -0.2) is 15.0 Å². The van der Waals surface area contributed by atoms with Crippen LogP contribution >= 0.6 is 0 Å². The van der Waals surface area contributed by atoms with E-state index in [-0.39, 0.29) is 16.2 Å². The number of hydrogen-bond donors (Lipinski definition) is 0. The van der Waals surface area contributed by atoms with Crippen molar-refractivity contribution in [2.75, 3.05) is 0 Å². The van der Waals surface area contributed by atoms with Crippen LogP contribution in [0.2, 0.25) is 0 Å². The first kappa shape index (κ1) is 30.4. The summed E-state index contributed by atoms with van der Waals surface area (Å²) < 4.78 is 0. The molecule has 4 fully saturated rings. The quantitative estimate of drug-likeness (QED) is 0.185. The second-order valence-electron chi connectivity index (χ2n) is 16.4. The fourth-order valence-corrected chi connectivity index (χ4v) is 11.0. The Labute approximate surface area is 300 Å². The van der Waals surface area contributed by atoms with Crippen molar-refractivity contribution in [2.45, 2.75) is 68.6 Å². The highest BCUT2D eigenvalue weighted by Gasteiger charge is 2.58. The zero-order chi connectivity index (χ0) is 34.4. The number of hydrogen-bond acceptors (Lipinski definition) is 4. The molecule has 2 unspecified atom stereocenters. The van der Waals surface area contributed by atoms with Gasteiger partial charge >= 0.3 is 0 Å². The average Bonchev–Trinajstić information content (AvgIpc) is 3.40. The Kier molecular flexibility index (Phi) is 6.59. The van der Waals surface area contributed by atoms with Crippen LogP contribution < -0.4 is 0 Å². The van der Waals surface area contributed by atoms with E-state index in [1.54, 1.807) is 0 Å². The predicted octanol–water partition coefficient (Wildman–Crippen LogP) is 10.8. The number of nitrogens with zero attached hydrogens (tertiary/aromatic N) is 4. The second-order valence-corrected chi connectivity index (χ2v) is 16.4. The molecule has 5 aliphatic rings. The Morgan fingerprint density at radius 3 is 1.69 bits per heavy atom. The third kappa shape index (κ3) is 4.75. The lowest BCUT2D eigenvalue weighted by atomic mass is 9.41. The Hall–Kier alpha value is -5.40. The smallest absolute Gasteiger partial charge is 0.164 e. The molecule has 0 N–H and O–H groups in total. The normalized spacial score (nSPS) is 24.9. The van der Waals surface area contributed by atoms with Crippen molar-refractivity contribution >= 4 is 0 Å². The summed E-state index contributed by atoms with van der Waals surface area (Å²) in [6.07, 6.45) is 7.64. The van der Waals surface area contributed by atoms with Crippen molar-refractivity contribution in [1.29, 1.82) is 5.26 Å². The van der Waals surface area contributed by atoms with Crippen LogP contribution in [0.15, 0.2) is 121 Å². The molecule has 4 heteroatoms. The first-order chi connectivity index (χ1) is 24.8. The number of benzene rings is 5. The van der Waals surface area contributed by atoms with Gasteiger partial charge in [0.25, 0.3) is 0 Å². The van der Waals surface area contributed by atoms with Crippen LogP contribution in [0.4, 0.5) is 0 Å². The third-order valence-electron chi connectivity index (χ3n) is 13.0. The standard InChI is InChI=1S/C47H40N4/c1-45(2)40-11-7-6-10-38(40)39-21-16-35(23-41(39)45)44-50-42(33-8-4-3-5-9-33)49-43(51-44)34-14-19-37(20-15-34)47-26-31-22-32(27-47)25-46(24-31,29-47)36-17-12-30(28-48)13-18-36/h3-21,23,31-32H,22,24-27,29H2,1-2H3. The molecular weight excluding hydrogens is 621 g/mol.